The van der Waals surface area contributed by atoms with E-state index in [0.717, 1.165) is 37.5 Å². The van der Waals surface area contributed by atoms with Gasteiger partial charge in [-0.05, 0) is 73.7 Å². The Kier molecular flexibility index (Phi) is 6.02. The third-order valence-corrected chi connectivity index (χ3v) is 6.09. The van der Waals surface area contributed by atoms with Crippen LogP contribution in [0.15, 0.2) is 48.5 Å². The van der Waals surface area contributed by atoms with Gasteiger partial charge in [-0.3, -0.25) is 9.59 Å². The average Bonchev–Trinajstić information content (AvgIpc) is 3.20. The Bertz CT molecular complexity index is 898. The van der Waals surface area contributed by atoms with Gasteiger partial charge in [-0.15, -0.1) is 0 Å². The van der Waals surface area contributed by atoms with Gasteiger partial charge in [0.1, 0.15) is 5.82 Å². The van der Waals surface area contributed by atoms with Crippen molar-refractivity contribution in [3.63, 3.8) is 0 Å². The number of nitrogens with one attached hydrogen (secondary N) is 1. The molecule has 158 valence electrons. The van der Waals surface area contributed by atoms with Gasteiger partial charge in [0.05, 0.1) is 5.92 Å². The molecule has 5 nitrogen and oxygen atoms in total. The van der Waals surface area contributed by atoms with E-state index < -0.39 is 0 Å². The molecule has 4 rings (SSSR count). The first kappa shape index (κ1) is 20.4. The summed E-state index contributed by atoms with van der Waals surface area (Å²) in [6.07, 6.45) is 2.74. The SMILES string of the molecule is CC1CCN(c2ccc(NC(=O)C3CCCN(C(=O)c4ccc(F)cc4)C3)cc2)C1. The number of rotatable bonds is 4. The molecule has 2 atom stereocenters. The highest BCUT2D eigenvalue weighted by molar-refractivity contribution is 5.96. The standard InChI is InChI=1S/C24H28FN3O2/c1-17-12-14-27(15-17)22-10-8-21(9-11-22)26-23(29)19-3-2-13-28(16-19)24(30)18-4-6-20(25)7-5-18/h4-11,17,19H,2-3,12-16H2,1H3,(H,26,29). The van der Waals surface area contributed by atoms with E-state index in [2.05, 4.69) is 29.3 Å². The van der Waals surface area contributed by atoms with Gasteiger partial charge in [-0.25, -0.2) is 4.39 Å². The Balaban J connectivity index is 1.35. The summed E-state index contributed by atoms with van der Waals surface area (Å²) < 4.78 is 13.1. The predicted molar refractivity (Wildman–Crippen MR) is 116 cm³/mol. The highest BCUT2D eigenvalue weighted by Crippen LogP contribution is 2.26. The number of benzene rings is 2. The van der Waals surface area contributed by atoms with E-state index in [-0.39, 0.29) is 23.5 Å². The molecule has 0 radical (unpaired) electrons. The van der Waals surface area contributed by atoms with Crippen LogP contribution in [-0.2, 0) is 4.79 Å². The van der Waals surface area contributed by atoms with Crippen LogP contribution in [0.2, 0.25) is 0 Å². The molecule has 2 aromatic carbocycles. The summed E-state index contributed by atoms with van der Waals surface area (Å²) in [7, 11) is 0. The van der Waals surface area contributed by atoms with Gasteiger partial charge in [0.15, 0.2) is 0 Å². The van der Waals surface area contributed by atoms with Crippen LogP contribution in [0.1, 0.15) is 36.5 Å². The molecule has 1 N–H and O–H groups in total. The zero-order valence-electron chi connectivity index (χ0n) is 17.3. The van der Waals surface area contributed by atoms with Crippen LogP contribution in [0.3, 0.4) is 0 Å². The second-order valence-electron chi connectivity index (χ2n) is 8.47. The number of halogens is 1. The quantitative estimate of drug-likeness (QED) is 0.825. The molecule has 2 aliphatic heterocycles. The molecular weight excluding hydrogens is 381 g/mol. The lowest BCUT2D eigenvalue weighted by Crippen LogP contribution is -2.43. The third-order valence-electron chi connectivity index (χ3n) is 6.09. The van der Waals surface area contributed by atoms with Crippen LogP contribution in [0.5, 0.6) is 0 Å². The number of hydrogen-bond acceptors (Lipinski definition) is 3. The van der Waals surface area contributed by atoms with Gasteiger partial charge in [0.2, 0.25) is 5.91 Å². The maximum Gasteiger partial charge on any atom is 0.253 e. The van der Waals surface area contributed by atoms with Crippen LogP contribution >= 0.6 is 0 Å². The molecule has 2 aliphatic rings. The van der Waals surface area contributed by atoms with Crippen molar-refractivity contribution in [2.45, 2.75) is 26.2 Å². The van der Waals surface area contributed by atoms with Crippen molar-refractivity contribution < 1.29 is 14.0 Å². The van der Waals surface area contributed by atoms with Crippen molar-refractivity contribution in [1.29, 1.82) is 0 Å². The topological polar surface area (TPSA) is 52.7 Å². The number of carbonyl (C=O) groups is 2. The second kappa shape index (κ2) is 8.86. The molecule has 6 heteroatoms. The smallest absolute Gasteiger partial charge is 0.253 e. The van der Waals surface area contributed by atoms with E-state index in [1.165, 1.54) is 36.4 Å². The normalized spacial score (nSPS) is 21.5. The van der Waals surface area contributed by atoms with Crippen LogP contribution in [0.4, 0.5) is 15.8 Å². The predicted octanol–water partition coefficient (Wildman–Crippen LogP) is 4.16. The van der Waals surface area contributed by atoms with E-state index in [1.54, 1.807) is 4.90 Å². The van der Waals surface area contributed by atoms with E-state index >= 15 is 0 Å². The third kappa shape index (κ3) is 4.64. The molecule has 2 unspecified atom stereocenters. The van der Waals surface area contributed by atoms with E-state index in [1.807, 2.05) is 12.1 Å². The summed E-state index contributed by atoms with van der Waals surface area (Å²) in [5.74, 6) is -0.114. The molecule has 0 aromatic heterocycles. The van der Waals surface area contributed by atoms with Crippen LogP contribution in [0.25, 0.3) is 0 Å². The first-order valence-corrected chi connectivity index (χ1v) is 10.7. The van der Waals surface area contributed by atoms with E-state index in [9.17, 15) is 14.0 Å². The van der Waals surface area contributed by atoms with Gasteiger partial charge in [-0.1, -0.05) is 6.92 Å². The summed E-state index contributed by atoms with van der Waals surface area (Å²) in [6.45, 7) is 5.41. The minimum absolute atomic E-state index is 0.0610. The molecule has 2 aromatic rings. The van der Waals surface area contributed by atoms with Crippen molar-refractivity contribution in [2.75, 3.05) is 36.4 Å². The number of nitrogens with zero attached hydrogens (tertiary/aromatic N) is 2. The lowest BCUT2D eigenvalue weighted by molar-refractivity contribution is -0.121. The van der Waals surface area contributed by atoms with E-state index in [0.29, 0.717) is 18.7 Å². The van der Waals surface area contributed by atoms with Gasteiger partial charge in [0.25, 0.3) is 5.91 Å². The highest BCUT2D eigenvalue weighted by atomic mass is 19.1. The lowest BCUT2D eigenvalue weighted by atomic mass is 9.96. The van der Waals surface area contributed by atoms with Gasteiger partial charge in [0, 0.05) is 43.1 Å². The van der Waals surface area contributed by atoms with Crippen molar-refractivity contribution in [2.24, 2.45) is 11.8 Å². The molecule has 2 saturated heterocycles. The highest BCUT2D eigenvalue weighted by Gasteiger charge is 2.29. The molecule has 2 fully saturated rings. The van der Waals surface area contributed by atoms with Crippen LogP contribution in [0, 0.1) is 17.7 Å². The van der Waals surface area contributed by atoms with Crippen molar-refractivity contribution >= 4 is 23.2 Å². The Labute approximate surface area is 176 Å². The number of amides is 2. The van der Waals surface area contributed by atoms with Gasteiger partial charge in [-0.2, -0.15) is 0 Å². The molecule has 2 amide bonds. The Hall–Kier alpha value is -2.89. The lowest BCUT2D eigenvalue weighted by Gasteiger charge is -2.32. The maximum atomic E-state index is 13.1. The van der Waals surface area contributed by atoms with Gasteiger partial charge < -0.3 is 15.1 Å². The Morgan fingerprint density at radius 1 is 0.967 bits per heavy atom. The number of piperidine rings is 1. The summed E-state index contributed by atoms with van der Waals surface area (Å²) in [6, 6.07) is 13.6. The fourth-order valence-electron chi connectivity index (χ4n) is 4.32. The van der Waals surface area contributed by atoms with Crippen molar-refractivity contribution in [3.8, 4) is 0 Å². The molecule has 30 heavy (non-hydrogen) atoms. The van der Waals surface area contributed by atoms with E-state index in [4.69, 9.17) is 0 Å². The number of likely N-dealkylation sites (tertiary alicyclic amines) is 1. The Morgan fingerprint density at radius 2 is 1.70 bits per heavy atom. The van der Waals surface area contributed by atoms with Crippen LogP contribution < -0.4 is 10.2 Å². The largest absolute Gasteiger partial charge is 0.371 e. The Morgan fingerprint density at radius 3 is 2.37 bits per heavy atom. The van der Waals surface area contributed by atoms with Crippen molar-refractivity contribution in [3.05, 3.63) is 59.9 Å². The van der Waals surface area contributed by atoms with Crippen LogP contribution in [-0.4, -0.2) is 42.9 Å². The number of hydrogen-bond donors (Lipinski definition) is 1. The molecular formula is C24H28FN3O2. The summed E-state index contributed by atoms with van der Waals surface area (Å²) in [5.41, 5.74) is 2.41. The molecule has 0 bridgehead atoms. The first-order chi connectivity index (χ1) is 14.5. The number of anilines is 2. The number of carbonyl (C=O) groups excluding carboxylic acids is 2. The fraction of sp³-hybridized carbons (Fsp3) is 0.417. The van der Waals surface area contributed by atoms with Gasteiger partial charge >= 0.3 is 0 Å². The minimum atomic E-state index is -0.368. The summed E-state index contributed by atoms with van der Waals surface area (Å²) in [5, 5.41) is 3.00. The summed E-state index contributed by atoms with van der Waals surface area (Å²) in [4.78, 5) is 29.5. The average molecular weight is 410 g/mol. The molecule has 2 heterocycles. The van der Waals surface area contributed by atoms with Crippen molar-refractivity contribution in [1.82, 2.24) is 4.90 Å². The maximum absolute atomic E-state index is 13.1. The molecule has 0 spiro atoms. The zero-order chi connectivity index (χ0) is 21.1. The summed E-state index contributed by atoms with van der Waals surface area (Å²) >= 11 is 0. The fourth-order valence-corrected chi connectivity index (χ4v) is 4.32. The molecule has 0 aliphatic carbocycles. The minimum Gasteiger partial charge on any atom is -0.371 e. The first-order valence-electron chi connectivity index (χ1n) is 10.7. The second-order valence-corrected chi connectivity index (χ2v) is 8.47. The zero-order valence-corrected chi connectivity index (χ0v) is 17.3. The molecule has 0 saturated carbocycles. The monoisotopic (exact) mass is 409 g/mol.